The van der Waals surface area contributed by atoms with Gasteiger partial charge in [0.15, 0.2) is 4.67 Å². The molecule has 0 saturated carbocycles. The average Bonchev–Trinajstić information content (AvgIpc) is 2.48. The highest BCUT2D eigenvalue weighted by Gasteiger charge is 2.05. The molecule has 0 amide bonds. The third kappa shape index (κ3) is 3.50. The van der Waals surface area contributed by atoms with Crippen molar-refractivity contribution < 1.29 is 4.42 Å². The van der Waals surface area contributed by atoms with E-state index in [1.54, 1.807) is 6.26 Å². The number of hydrogen-bond acceptors (Lipinski definition) is 3. The lowest BCUT2D eigenvalue weighted by molar-refractivity contribution is 0.325. The molecule has 1 aromatic rings. The second-order valence-electron chi connectivity index (χ2n) is 3.06. The molecule has 0 aliphatic rings. The minimum atomic E-state index is 0.837. The standard InChI is InChI=1S/C9H15BrN2O/c1-11-4-5-12(2)7-8-3-6-13-9(8)10/h3,6,11H,4-5,7H2,1-2H3. The summed E-state index contributed by atoms with van der Waals surface area (Å²) in [5.74, 6) is 0. The topological polar surface area (TPSA) is 28.4 Å². The highest BCUT2D eigenvalue weighted by Crippen LogP contribution is 2.18. The van der Waals surface area contributed by atoms with E-state index in [-0.39, 0.29) is 0 Å². The molecule has 3 nitrogen and oxygen atoms in total. The Balaban J connectivity index is 2.36. The van der Waals surface area contributed by atoms with Gasteiger partial charge in [-0.2, -0.15) is 0 Å². The highest BCUT2D eigenvalue weighted by atomic mass is 79.9. The Morgan fingerprint density at radius 2 is 2.38 bits per heavy atom. The summed E-state index contributed by atoms with van der Waals surface area (Å²) < 4.78 is 5.98. The van der Waals surface area contributed by atoms with Gasteiger partial charge in [-0.3, -0.25) is 0 Å². The van der Waals surface area contributed by atoms with Crippen molar-refractivity contribution in [3.63, 3.8) is 0 Å². The monoisotopic (exact) mass is 246 g/mol. The van der Waals surface area contributed by atoms with Crippen LogP contribution in [0.1, 0.15) is 5.56 Å². The third-order valence-corrected chi connectivity index (χ3v) is 2.57. The van der Waals surface area contributed by atoms with Crippen LogP contribution < -0.4 is 5.32 Å². The third-order valence-electron chi connectivity index (χ3n) is 1.88. The minimum Gasteiger partial charge on any atom is -0.457 e. The smallest absolute Gasteiger partial charge is 0.173 e. The van der Waals surface area contributed by atoms with Gasteiger partial charge in [-0.25, -0.2) is 0 Å². The Bertz CT molecular complexity index is 250. The van der Waals surface area contributed by atoms with E-state index in [1.165, 1.54) is 5.56 Å². The molecular weight excluding hydrogens is 232 g/mol. The molecule has 0 aromatic carbocycles. The maximum atomic E-state index is 5.14. The van der Waals surface area contributed by atoms with E-state index >= 15 is 0 Å². The van der Waals surface area contributed by atoms with Crippen LogP contribution in [0.3, 0.4) is 0 Å². The summed E-state index contributed by atoms with van der Waals surface area (Å²) >= 11 is 3.35. The summed E-state index contributed by atoms with van der Waals surface area (Å²) in [6.07, 6.45) is 1.70. The predicted octanol–water partition coefficient (Wildman–Crippen LogP) is 1.69. The van der Waals surface area contributed by atoms with Crippen LogP contribution in [0.4, 0.5) is 0 Å². The molecule has 0 spiro atoms. The summed E-state index contributed by atoms with van der Waals surface area (Å²) in [4.78, 5) is 2.24. The first-order valence-electron chi connectivity index (χ1n) is 4.29. The van der Waals surface area contributed by atoms with Crippen LogP contribution in [0.2, 0.25) is 0 Å². The van der Waals surface area contributed by atoms with Gasteiger partial charge in [-0.05, 0) is 36.1 Å². The van der Waals surface area contributed by atoms with E-state index in [9.17, 15) is 0 Å². The van der Waals surface area contributed by atoms with Crippen LogP contribution in [0.25, 0.3) is 0 Å². The van der Waals surface area contributed by atoms with Crippen LogP contribution in [0.5, 0.6) is 0 Å². The first kappa shape index (κ1) is 10.8. The van der Waals surface area contributed by atoms with E-state index in [1.807, 2.05) is 13.1 Å². The Labute approximate surface area is 87.2 Å². The van der Waals surface area contributed by atoms with Crippen LogP contribution in [-0.2, 0) is 6.54 Å². The minimum absolute atomic E-state index is 0.837. The zero-order chi connectivity index (χ0) is 9.68. The number of furan rings is 1. The van der Waals surface area contributed by atoms with Crippen LogP contribution in [-0.4, -0.2) is 32.1 Å². The van der Waals surface area contributed by atoms with Crippen molar-refractivity contribution in [2.75, 3.05) is 27.2 Å². The Hall–Kier alpha value is -0.320. The SMILES string of the molecule is CNCCN(C)Cc1ccoc1Br. The molecule has 4 heteroatoms. The molecule has 0 radical (unpaired) electrons. The van der Waals surface area contributed by atoms with Crippen molar-refractivity contribution in [1.29, 1.82) is 0 Å². The molecule has 0 saturated heterocycles. The van der Waals surface area contributed by atoms with E-state index < -0.39 is 0 Å². The quantitative estimate of drug-likeness (QED) is 0.858. The summed E-state index contributed by atoms with van der Waals surface area (Å²) in [6.45, 7) is 2.96. The van der Waals surface area contributed by atoms with Crippen molar-refractivity contribution in [2.24, 2.45) is 0 Å². The lowest BCUT2D eigenvalue weighted by Crippen LogP contribution is -2.26. The summed E-state index contributed by atoms with van der Waals surface area (Å²) in [5, 5.41) is 3.12. The Morgan fingerprint density at radius 1 is 1.62 bits per heavy atom. The van der Waals surface area contributed by atoms with Gasteiger partial charge in [0, 0.05) is 25.2 Å². The number of likely N-dealkylation sites (N-methyl/N-ethyl adjacent to an activating group) is 2. The molecule has 0 aliphatic heterocycles. The van der Waals surface area contributed by atoms with E-state index in [0.29, 0.717) is 0 Å². The van der Waals surface area contributed by atoms with Crippen LogP contribution >= 0.6 is 15.9 Å². The number of rotatable bonds is 5. The zero-order valence-electron chi connectivity index (χ0n) is 8.01. The highest BCUT2D eigenvalue weighted by molar-refractivity contribution is 9.10. The molecule has 0 unspecified atom stereocenters. The molecule has 13 heavy (non-hydrogen) atoms. The maximum absolute atomic E-state index is 5.14. The van der Waals surface area contributed by atoms with Crippen LogP contribution in [0.15, 0.2) is 21.4 Å². The van der Waals surface area contributed by atoms with Gasteiger partial charge in [0.25, 0.3) is 0 Å². The Morgan fingerprint density at radius 3 is 2.92 bits per heavy atom. The fraction of sp³-hybridized carbons (Fsp3) is 0.556. The van der Waals surface area contributed by atoms with Crippen molar-refractivity contribution in [3.8, 4) is 0 Å². The lowest BCUT2D eigenvalue weighted by atomic mass is 10.3. The zero-order valence-corrected chi connectivity index (χ0v) is 9.60. The summed E-state index contributed by atoms with van der Waals surface area (Å²) in [7, 11) is 4.05. The molecule has 0 fully saturated rings. The van der Waals surface area contributed by atoms with Crippen LogP contribution in [0, 0.1) is 0 Å². The Kier molecular flexibility index (Phi) is 4.48. The number of halogens is 1. The molecule has 0 aliphatic carbocycles. The van der Waals surface area contributed by atoms with Gasteiger partial charge in [0.1, 0.15) is 0 Å². The summed E-state index contributed by atoms with van der Waals surface area (Å²) in [5.41, 5.74) is 1.19. The molecular formula is C9H15BrN2O. The predicted molar refractivity (Wildman–Crippen MR) is 56.7 cm³/mol. The normalized spacial score (nSPS) is 11.1. The molecule has 1 rings (SSSR count). The van der Waals surface area contributed by atoms with E-state index in [2.05, 4.69) is 33.2 Å². The molecule has 0 bridgehead atoms. The van der Waals surface area contributed by atoms with Gasteiger partial charge in [0.05, 0.1) is 6.26 Å². The molecule has 1 N–H and O–H groups in total. The van der Waals surface area contributed by atoms with Gasteiger partial charge < -0.3 is 14.6 Å². The fourth-order valence-corrected chi connectivity index (χ4v) is 1.47. The number of nitrogens with zero attached hydrogens (tertiary/aromatic N) is 1. The molecule has 0 atom stereocenters. The second kappa shape index (κ2) is 5.42. The van der Waals surface area contributed by atoms with Crippen molar-refractivity contribution in [2.45, 2.75) is 6.54 Å². The van der Waals surface area contributed by atoms with Crippen molar-refractivity contribution in [3.05, 3.63) is 22.6 Å². The number of hydrogen-bond donors (Lipinski definition) is 1. The first-order valence-corrected chi connectivity index (χ1v) is 5.08. The van der Waals surface area contributed by atoms with Crippen molar-refractivity contribution >= 4 is 15.9 Å². The largest absolute Gasteiger partial charge is 0.457 e. The summed E-state index contributed by atoms with van der Waals surface area (Å²) in [6, 6.07) is 1.99. The van der Waals surface area contributed by atoms with Crippen molar-refractivity contribution in [1.82, 2.24) is 10.2 Å². The first-order chi connectivity index (χ1) is 6.24. The average molecular weight is 247 g/mol. The fourth-order valence-electron chi connectivity index (χ4n) is 1.10. The lowest BCUT2D eigenvalue weighted by Gasteiger charge is -2.15. The molecule has 1 heterocycles. The van der Waals surface area contributed by atoms with E-state index in [4.69, 9.17) is 4.42 Å². The van der Waals surface area contributed by atoms with Gasteiger partial charge in [0.2, 0.25) is 0 Å². The van der Waals surface area contributed by atoms with Gasteiger partial charge >= 0.3 is 0 Å². The van der Waals surface area contributed by atoms with Gasteiger partial charge in [-0.15, -0.1) is 0 Å². The maximum Gasteiger partial charge on any atom is 0.173 e. The molecule has 74 valence electrons. The van der Waals surface area contributed by atoms with E-state index in [0.717, 1.165) is 24.3 Å². The molecule has 1 aromatic heterocycles. The van der Waals surface area contributed by atoms with Gasteiger partial charge in [-0.1, -0.05) is 0 Å². The number of nitrogens with one attached hydrogen (secondary N) is 1. The second-order valence-corrected chi connectivity index (χ2v) is 3.78.